The van der Waals surface area contributed by atoms with Crippen LogP contribution in [0.5, 0.6) is 0 Å². The second-order valence-corrected chi connectivity index (χ2v) is 4.61. The molecule has 0 aliphatic carbocycles. The minimum absolute atomic E-state index is 0.0273. The summed E-state index contributed by atoms with van der Waals surface area (Å²) in [7, 11) is 1.15. The van der Waals surface area contributed by atoms with E-state index >= 15 is 0 Å². The van der Waals surface area contributed by atoms with Crippen LogP contribution in [-0.2, 0) is 4.74 Å². The van der Waals surface area contributed by atoms with Crippen molar-refractivity contribution in [2.24, 2.45) is 0 Å². The fraction of sp³-hybridized carbons (Fsp3) is 0.455. The van der Waals surface area contributed by atoms with Crippen LogP contribution in [0.25, 0.3) is 0 Å². The summed E-state index contributed by atoms with van der Waals surface area (Å²) in [4.78, 5) is 23.4. The third kappa shape index (κ3) is 3.40. The number of carbonyl (C=O) groups excluding carboxylic acids is 2. The number of ether oxygens (including phenoxy) is 1. The van der Waals surface area contributed by atoms with Gasteiger partial charge in [-0.25, -0.2) is 13.6 Å². The van der Waals surface area contributed by atoms with Crippen LogP contribution in [0.3, 0.4) is 0 Å². The molecule has 0 saturated carbocycles. The number of ketones is 1. The van der Waals surface area contributed by atoms with Crippen molar-refractivity contribution < 1.29 is 23.1 Å². The second kappa shape index (κ2) is 6.46. The highest BCUT2D eigenvalue weighted by Gasteiger charge is 2.25. The van der Waals surface area contributed by atoms with Crippen LogP contribution >= 0.6 is 11.3 Å². The average Bonchev–Trinajstić information content (AvgIpc) is 2.71. The summed E-state index contributed by atoms with van der Waals surface area (Å²) in [6.07, 6.45) is -2.38. The Morgan fingerprint density at radius 1 is 1.47 bits per heavy atom. The van der Waals surface area contributed by atoms with E-state index in [9.17, 15) is 18.4 Å². The van der Waals surface area contributed by atoms with E-state index in [1.807, 2.05) is 0 Å². The van der Waals surface area contributed by atoms with E-state index in [1.54, 1.807) is 6.92 Å². The highest BCUT2D eigenvalue weighted by atomic mass is 32.1. The lowest BCUT2D eigenvalue weighted by Crippen LogP contribution is -2.13. The molecular formula is C11H14F2N2O3S. The van der Waals surface area contributed by atoms with Gasteiger partial charge in [0.1, 0.15) is 10.6 Å². The predicted molar refractivity (Wildman–Crippen MR) is 69.2 cm³/mol. The van der Waals surface area contributed by atoms with E-state index in [1.165, 1.54) is 0 Å². The lowest BCUT2D eigenvalue weighted by Gasteiger charge is -2.05. The van der Waals surface area contributed by atoms with Gasteiger partial charge in [0.25, 0.3) is 6.43 Å². The standard InChI is InChI=1S/C11H14F2N2O3S/c1-3-5(16)9-8(14)7(11(17)18-2)10(19-9)15-4-6(12)13/h6,15H,3-4,14H2,1-2H3. The number of hydrogen-bond donors (Lipinski definition) is 2. The number of halogens is 2. The van der Waals surface area contributed by atoms with Crippen molar-refractivity contribution in [2.45, 2.75) is 19.8 Å². The van der Waals surface area contributed by atoms with Crippen LogP contribution in [0.1, 0.15) is 33.4 Å². The maximum absolute atomic E-state index is 12.2. The van der Waals surface area contributed by atoms with Gasteiger partial charge in [-0.2, -0.15) is 0 Å². The molecule has 0 saturated heterocycles. The Balaban J connectivity index is 3.19. The Morgan fingerprint density at radius 3 is 2.58 bits per heavy atom. The van der Waals surface area contributed by atoms with E-state index in [0.29, 0.717) is 0 Å². The third-order valence-electron chi connectivity index (χ3n) is 2.33. The van der Waals surface area contributed by atoms with Gasteiger partial charge in [-0.1, -0.05) is 6.92 Å². The molecule has 0 spiro atoms. The molecule has 0 atom stereocenters. The molecular weight excluding hydrogens is 278 g/mol. The van der Waals surface area contributed by atoms with Gasteiger partial charge in [0, 0.05) is 6.42 Å². The van der Waals surface area contributed by atoms with Gasteiger partial charge in [-0.3, -0.25) is 4.79 Å². The van der Waals surface area contributed by atoms with Gasteiger partial charge < -0.3 is 15.8 Å². The van der Waals surface area contributed by atoms with Crippen molar-refractivity contribution in [3.05, 3.63) is 10.4 Å². The largest absolute Gasteiger partial charge is 0.465 e. The van der Waals surface area contributed by atoms with E-state index in [2.05, 4.69) is 10.1 Å². The normalized spacial score (nSPS) is 10.6. The molecule has 0 bridgehead atoms. The minimum Gasteiger partial charge on any atom is -0.465 e. The quantitative estimate of drug-likeness (QED) is 0.621. The Hall–Kier alpha value is -1.70. The SMILES string of the molecule is CCC(=O)c1sc(NCC(F)F)c(C(=O)OC)c1N. The summed E-state index contributed by atoms with van der Waals surface area (Å²) < 4.78 is 28.9. The summed E-state index contributed by atoms with van der Waals surface area (Å²) in [5.74, 6) is -1.02. The predicted octanol–water partition coefficient (Wildman–Crippen LogP) is 2.39. The minimum atomic E-state index is -2.58. The molecule has 5 nitrogen and oxygen atoms in total. The first kappa shape index (κ1) is 15.4. The molecule has 19 heavy (non-hydrogen) atoms. The van der Waals surface area contributed by atoms with Crippen LogP contribution < -0.4 is 11.1 Å². The van der Waals surface area contributed by atoms with Crippen molar-refractivity contribution in [2.75, 3.05) is 24.7 Å². The summed E-state index contributed by atoms with van der Waals surface area (Å²) in [6.45, 7) is 1.01. The fourth-order valence-corrected chi connectivity index (χ4v) is 2.54. The number of hydrogen-bond acceptors (Lipinski definition) is 6. The number of nitrogen functional groups attached to an aromatic ring is 1. The van der Waals surface area contributed by atoms with E-state index in [4.69, 9.17) is 5.73 Å². The van der Waals surface area contributed by atoms with Gasteiger partial charge in [-0.05, 0) is 0 Å². The van der Waals surface area contributed by atoms with Gasteiger partial charge in [0.2, 0.25) is 0 Å². The molecule has 8 heteroatoms. The Labute approximate surface area is 112 Å². The lowest BCUT2D eigenvalue weighted by molar-refractivity contribution is 0.0603. The van der Waals surface area contributed by atoms with Gasteiger partial charge in [0.05, 0.1) is 24.2 Å². The van der Waals surface area contributed by atoms with E-state index in [0.717, 1.165) is 18.4 Å². The molecule has 1 rings (SSSR count). The zero-order valence-electron chi connectivity index (χ0n) is 10.5. The maximum atomic E-state index is 12.2. The van der Waals surface area contributed by atoms with Crippen molar-refractivity contribution in [1.29, 1.82) is 0 Å². The molecule has 0 aliphatic heterocycles. The summed E-state index contributed by atoms with van der Waals surface area (Å²) >= 11 is 0.885. The summed E-state index contributed by atoms with van der Waals surface area (Å²) in [5.41, 5.74) is 5.63. The van der Waals surface area contributed by atoms with Crippen LogP contribution in [0.4, 0.5) is 19.5 Å². The first-order valence-electron chi connectivity index (χ1n) is 5.48. The fourth-order valence-electron chi connectivity index (χ4n) is 1.41. The average molecular weight is 292 g/mol. The number of thiophene rings is 1. The summed E-state index contributed by atoms with van der Waals surface area (Å²) in [5, 5.41) is 2.53. The van der Waals surface area contributed by atoms with Crippen molar-refractivity contribution in [1.82, 2.24) is 0 Å². The van der Waals surface area contributed by atoms with Gasteiger partial charge in [-0.15, -0.1) is 11.3 Å². The van der Waals surface area contributed by atoms with Crippen LogP contribution in [0.2, 0.25) is 0 Å². The molecule has 1 heterocycles. The molecule has 106 valence electrons. The second-order valence-electron chi connectivity index (χ2n) is 3.59. The molecule has 0 fully saturated rings. The topological polar surface area (TPSA) is 81.4 Å². The number of methoxy groups -OCH3 is 1. The third-order valence-corrected chi connectivity index (χ3v) is 3.53. The monoisotopic (exact) mass is 292 g/mol. The van der Waals surface area contributed by atoms with Crippen molar-refractivity contribution in [3.63, 3.8) is 0 Å². The van der Waals surface area contributed by atoms with Crippen LogP contribution in [0.15, 0.2) is 0 Å². The number of nitrogens with two attached hydrogens (primary N) is 1. The van der Waals surface area contributed by atoms with Crippen LogP contribution in [0, 0.1) is 0 Å². The Bertz CT molecular complexity index is 489. The molecule has 0 amide bonds. The van der Waals surface area contributed by atoms with Crippen molar-refractivity contribution in [3.8, 4) is 0 Å². The number of alkyl halides is 2. The smallest absolute Gasteiger partial charge is 0.343 e. The van der Waals surface area contributed by atoms with Crippen molar-refractivity contribution >= 4 is 33.8 Å². The maximum Gasteiger partial charge on any atom is 0.343 e. The first-order chi connectivity index (χ1) is 8.92. The molecule has 3 N–H and O–H groups in total. The lowest BCUT2D eigenvalue weighted by atomic mass is 10.2. The molecule has 0 aliphatic rings. The number of rotatable bonds is 6. The number of Topliss-reactive ketones (excluding diaryl/α,β-unsaturated/α-hetero) is 1. The highest BCUT2D eigenvalue weighted by Crippen LogP contribution is 2.37. The molecule has 1 aromatic heterocycles. The first-order valence-corrected chi connectivity index (χ1v) is 6.29. The zero-order valence-corrected chi connectivity index (χ0v) is 11.3. The van der Waals surface area contributed by atoms with Gasteiger partial charge >= 0.3 is 5.97 Å². The molecule has 0 unspecified atom stereocenters. The molecule has 0 aromatic carbocycles. The molecule has 0 radical (unpaired) electrons. The number of anilines is 2. The summed E-state index contributed by atoms with van der Waals surface area (Å²) in [6, 6.07) is 0. The Kier molecular flexibility index (Phi) is 5.22. The molecule has 1 aromatic rings. The number of nitrogens with one attached hydrogen (secondary N) is 1. The zero-order chi connectivity index (χ0) is 14.6. The number of esters is 1. The number of carbonyl (C=O) groups is 2. The Morgan fingerprint density at radius 2 is 2.11 bits per heavy atom. The van der Waals surface area contributed by atoms with E-state index in [-0.39, 0.29) is 33.3 Å². The highest BCUT2D eigenvalue weighted by molar-refractivity contribution is 7.19. The van der Waals surface area contributed by atoms with E-state index < -0.39 is 18.9 Å². The van der Waals surface area contributed by atoms with Gasteiger partial charge in [0.15, 0.2) is 5.78 Å². The van der Waals surface area contributed by atoms with Crippen LogP contribution in [-0.4, -0.2) is 31.8 Å².